The molecule has 0 aromatic carbocycles. The number of nitrogens with zero attached hydrogens (tertiary/aromatic N) is 2. The maximum Gasteiger partial charge on any atom is 0.358 e. The third kappa shape index (κ3) is 3.18. The summed E-state index contributed by atoms with van der Waals surface area (Å²) in [6, 6.07) is 0. The molecule has 0 saturated carbocycles. The van der Waals surface area contributed by atoms with Gasteiger partial charge >= 0.3 is 5.97 Å². The van der Waals surface area contributed by atoms with E-state index in [1.165, 1.54) is 16.9 Å². The number of carbonyl (C=O) groups excluding carboxylic acids is 1. The Bertz CT molecular complexity index is 560. The van der Waals surface area contributed by atoms with E-state index in [-0.39, 0.29) is 9.90 Å². The summed E-state index contributed by atoms with van der Waals surface area (Å²) in [6.45, 7) is 1.00. The molecule has 1 aliphatic rings. The van der Waals surface area contributed by atoms with Gasteiger partial charge in [0.05, 0.1) is 12.6 Å². The molecule has 0 amide bonds. The van der Waals surface area contributed by atoms with Gasteiger partial charge in [-0.05, 0) is 12.8 Å². The molecule has 20 heavy (non-hydrogen) atoms. The zero-order valence-electron chi connectivity index (χ0n) is 11.4. The predicted molar refractivity (Wildman–Crippen MR) is 75.3 cm³/mol. The normalized spacial score (nSPS) is 18.2. The first kappa shape index (κ1) is 15.4. The second kappa shape index (κ2) is 6.64. The highest BCUT2D eigenvalue weighted by Gasteiger charge is 2.31. The molecule has 1 aromatic heterocycles. The van der Waals surface area contributed by atoms with Gasteiger partial charge < -0.3 is 4.74 Å². The maximum absolute atomic E-state index is 12.6. The van der Waals surface area contributed by atoms with Gasteiger partial charge in [0.15, 0.2) is 9.90 Å². The summed E-state index contributed by atoms with van der Waals surface area (Å²) in [6.07, 6.45) is 4.94. The van der Waals surface area contributed by atoms with Crippen LogP contribution in [0.5, 0.6) is 0 Å². The van der Waals surface area contributed by atoms with E-state index < -0.39 is 16.0 Å². The smallest absolute Gasteiger partial charge is 0.358 e. The lowest BCUT2D eigenvalue weighted by Crippen LogP contribution is -2.34. The van der Waals surface area contributed by atoms with Crippen molar-refractivity contribution in [2.24, 2.45) is 0 Å². The van der Waals surface area contributed by atoms with Crippen molar-refractivity contribution >= 4 is 27.3 Å². The molecule has 0 aliphatic carbocycles. The Kier molecular flexibility index (Phi) is 5.11. The van der Waals surface area contributed by atoms with Crippen molar-refractivity contribution in [3.05, 3.63) is 11.2 Å². The Labute approximate surface area is 122 Å². The molecule has 8 heteroatoms. The number of methoxy groups -OCH3 is 1. The zero-order chi connectivity index (χ0) is 14.6. The van der Waals surface area contributed by atoms with Crippen LogP contribution in [0.1, 0.15) is 42.6 Å². The van der Waals surface area contributed by atoms with Crippen molar-refractivity contribution in [1.29, 1.82) is 0 Å². The molecule has 6 nitrogen and oxygen atoms in total. The molecule has 0 spiro atoms. The highest BCUT2D eigenvalue weighted by molar-refractivity contribution is 7.91. The Balaban J connectivity index is 2.29. The highest BCUT2D eigenvalue weighted by atomic mass is 32.2. The number of aromatic nitrogens is 1. The fourth-order valence-corrected chi connectivity index (χ4v) is 5.01. The molecular weight excluding hydrogens is 300 g/mol. The van der Waals surface area contributed by atoms with Gasteiger partial charge in [-0.15, -0.1) is 11.3 Å². The van der Waals surface area contributed by atoms with Crippen molar-refractivity contribution in [1.82, 2.24) is 9.29 Å². The van der Waals surface area contributed by atoms with E-state index >= 15 is 0 Å². The zero-order valence-corrected chi connectivity index (χ0v) is 13.0. The molecule has 2 heterocycles. The van der Waals surface area contributed by atoms with Gasteiger partial charge in [0, 0.05) is 13.1 Å². The molecule has 0 atom stereocenters. The minimum absolute atomic E-state index is 0.00933. The second-order valence-electron chi connectivity index (χ2n) is 4.65. The first-order valence-corrected chi connectivity index (χ1v) is 8.91. The van der Waals surface area contributed by atoms with E-state index in [9.17, 15) is 13.2 Å². The van der Waals surface area contributed by atoms with Gasteiger partial charge in [-0.2, -0.15) is 4.31 Å². The number of thiazole rings is 1. The first-order valence-electron chi connectivity index (χ1n) is 6.59. The molecule has 0 N–H and O–H groups in total. The molecule has 2 rings (SSSR count). The predicted octanol–water partition coefficient (Wildman–Crippen LogP) is 1.88. The molecular formula is C12H18N2O4S2. The quantitative estimate of drug-likeness (QED) is 0.795. The van der Waals surface area contributed by atoms with Crippen LogP contribution in [0.15, 0.2) is 9.72 Å². The third-order valence-electron chi connectivity index (χ3n) is 3.30. The summed E-state index contributed by atoms with van der Waals surface area (Å²) in [7, 11) is -2.44. The average molecular weight is 318 g/mol. The lowest BCUT2D eigenvalue weighted by atomic mass is 10.1. The molecule has 1 saturated heterocycles. The summed E-state index contributed by atoms with van der Waals surface area (Å²) in [4.78, 5) is 15.4. The minimum Gasteiger partial charge on any atom is -0.464 e. The summed E-state index contributed by atoms with van der Waals surface area (Å²) in [5.41, 5.74) is 1.25. The van der Waals surface area contributed by atoms with E-state index in [1.54, 1.807) is 0 Å². The number of ether oxygens (including phenoxy) is 1. The van der Waals surface area contributed by atoms with Crippen molar-refractivity contribution < 1.29 is 17.9 Å². The van der Waals surface area contributed by atoms with E-state index in [1.807, 2.05) is 0 Å². The summed E-state index contributed by atoms with van der Waals surface area (Å²) in [5.74, 6) is -0.711. The van der Waals surface area contributed by atoms with Crippen LogP contribution < -0.4 is 0 Å². The number of rotatable bonds is 3. The Hall–Kier alpha value is -0.990. The van der Waals surface area contributed by atoms with Gasteiger partial charge in [-0.1, -0.05) is 19.3 Å². The van der Waals surface area contributed by atoms with Crippen LogP contribution in [0.3, 0.4) is 0 Å². The molecule has 0 radical (unpaired) electrons. The third-order valence-corrected chi connectivity index (χ3v) is 6.55. The van der Waals surface area contributed by atoms with Crippen LogP contribution in [0.4, 0.5) is 0 Å². The Morgan fingerprint density at radius 1 is 1.25 bits per heavy atom. The number of sulfonamides is 1. The van der Waals surface area contributed by atoms with E-state index in [0.29, 0.717) is 13.1 Å². The van der Waals surface area contributed by atoms with Crippen LogP contribution in [0.25, 0.3) is 0 Å². The number of esters is 1. The minimum atomic E-state index is -3.66. The standard InChI is InChI=1S/C12H18N2O4S2/c1-18-11(15)10-12(19-9-13-10)20(16,17)14-7-5-3-2-4-6-8-14/h9H,2-8H2,1H3. The lowest BCUT2D eigenvalue weighted by Gasteiger charge is -2.23. The molecule has 1 aliphatic heterocycles. The van der Waals surface area contributed by atoms with E-state index in [4.69, 9.17) is 0 Å². The van der Waals surface area contributed by atoms with Crippen LogP contribution in [0.2, 0.25) is 0 Å². The second-order valence-corrected chi connectivity index (χ2v) is 7.64. The van der Waals surface area contributed by atoms with Crippen LogP contribution >= 0.6 is 11.3 Å². The van der Waals surface area contributed by atoms with Crippen LogP contribution in [-0.2, 0) is 14.8 Å². The van der Waals surface area contributed by atoms with Crippen molar-refractivity contribution in [2.75, 3.05) is 20.2 Å². The Morgan fingerprint density at radius 2 is 1.85 bits per heavy atom. The fourth-order valence-electron chi connectivity index (χ4n) is 2.23. The highest BCUT2D eigenvalue weighted by Crippen LogP contribution is 2.26. The largest absolute Gasteiger partial charge is 0.464 e. The summed E-state index contributed by atoms with van der Waals surface area (Å²) < 4.78 is 31.3. The van der Waals surface area contributed by atoms with Gasteiger partial charge in [0.1, 0.15) is 0 Å². The molecule has 112 valence electrons. The van der Waals surface area contributed by atoms with Gasteiger partial charge in [-0.3, -0.25) is 0 Å². The first-order chi connectivity index (χ1) is 9.57. The number of hydrogen-bond acceptors (Lipinski definition) is 6. The summed E-state index contributed by atoms with van der Waals surface area (Å²) in [5, 5.41) is 0. The van der Waals surface area contributed by atoms with Crippen molar-refractivity contribution in [2.45, 2.75) is 36.3 Å². The van der Waals surface area contributed by atoms with Gasteiger partial charge in [0.25, 0.3) is 10.0 Å². The lowest BCUT2D eigenvalue weighted by molar-refractivity contribution is 0.0590. The molecule has 1 aromatic rings. The SMILES string of the molecule is COC(=O)c1ncsc1S(=O)(=O)N1CCCCCCC1. The topological polar surface area (TPSA) is 76.6 Å². The van der Waals surface area contributed by atoms with Crippen LogP contribution in [0, 0.1) is 0 Å². The monoisotopic (exact) mass is 318 g/mol. The fraction of sp³-hybridized carbons (Fsp3) is 0.667. The van der Waals surface area contributed by atoms with Crippen LogP contribution in [-0.4, -0.2) is 43.9 Å². The summed E-state index contributed by atoms with van der Waals surface area (Å²) >= 11 is 0.964. The van der Waals surface area contributed by atoms with Gasteiger partial charge in [0.2, 0.25) is 0 Å². The number of carbonyl (C=O) groups is 1. The van der Waals surface area contributed by atoms with Crippen molar-refractivity contribution in [3.8, 4) is 0 Å². The van der Waals surface area contributed by atoms with E-state index in [0.717, 1.165) is 43.4 Å². The van der Waals surface area contributed by atoms with Gasteiger partial charge in [-0.25, -0.2) is 18.2 Å². The number of hydrogen-bond donors (Lipinski definition) is 0. The average Bonchev–Trinajstić information content (AvgIpc) is 2.86. The molecule has 0 unspecified atom stereocenters. The molecule has 1 fully saturated rings. The Morgan fingerprint density at radius 3 is 2.45 bits per heavy atom. The molecule has 0 bridgehead atoms. The maximum atomic E-state index is 12.6. The van der Waals surface area contributed by atoms with E-state index in [2.05, 4.69) is 9.72 Å². The van der Waals surface area contributed by atoms with Crippen molar-refractivity contribution in [3.63, 3.8) is 0 Å².